The van der Waals surface area contributed by atoms with Crippen LogP contribution >= 0.6 is 34.8 Å². The van der Waals surface area contributed by atoms with Gasteiger partial charge in [0, 0.05) is 12.3 Å². The Morgan fingerprint density at radius 1 is 0.939 bits per heavy atom. The second-order valence-electron chi connectivity index (χ2n) is 7.66. The number of anilines is 1. The summed E-state index contributed by atoms with van der Waals surface area (Å²) in [5.41, 5.74) is -0.115. The number of carbonyl (C=O) groups excluding carboxylic acids is 2. The number of nitrogens with one attached hydrogen (secondary N) is 1. The number of hydrogen-bond acceptors (Lipinski definition) is 2. The molecule has 1 saturated carbocycles. The second-order valence-corrected chi connectivity index (χ2v) is 9.51. The Bertz CT molecular complexity index is 1250. The molecule has 2 unspecified atom stereocenters. The first-order valence-corrected chi connectivity index (χ1v) is 10.9. The van der Waals surface area contributed by atoms with Gasteiger partial charge < -0.3 is 5.32 Å². The summed E-state index contributed by atoms with van der Waals surface area (Å²) in [6.07, 6.45) is -0.214. The fourth-order valence-corrected chi connectivity index (χ4v) is 4.78. The van der Waals surface area contributed by atoms with Gasteiger partial charge in [-0.3, -0.25) is 9.59 Å². The van der Waals surface area contributed by atoms with E-state index >= 15 is 4.39 Å². The molecular formula is C24H15Cl3F3NO2. The van der Waals surface area contributed by atoms with Gasteiger partial charge in [0.2, 0.25) is 5.91 Å². The molecule has 0 aliphatic heterocycles. The zero-order valence-corrected chi connectivity index (χ0v) is 19.0. The molecule has 1 aliphatic carbocycles. The summed E-state index contributed by atoms with van der Waals surface area (Å²) in [6, 6.07) is 14.2. The highest BCUT2D eigenvalue weighted by atomic mass is 35.5. The maximum atomic E-state index is 15.0. The SMILES string of the molecule is O=C(Cc1ccccc1)c1c(F)ccc(NC(=O)C2C(c3ccc(F)c(Cl)c3)C2(Cl)Cl)c1F. The molecule has 1 fully saturated rings. The van der Waals surface area contributed by atoms with Gasteiger partial charge in [0.25, 0.3) is 0 Å². The van der Waals surface area contributed by atoms with Crippen LogP contribution in [-0.2, 0) is 11.2 Å². The molecule has 0 saturated heterocycles. The Labute approximate surface area is 202 Å². The van der Waals surface area contributed by atoms with Crippen molar-refractivity contribution in [3.05, 3.63) is 99.8 Å². The lowest BCUT2D eigenvalue weighted by Gasteiger charge is -2.11. The Kier molecular flexibility index (Phi) is 6.45. The van der Waals surface area contributed by atoms with Crippen LogP contribution in [0.25, 0.3) is 0 Å². The molecule has 0 aromatic heterocycles. The van der Waals surface area contributed by atoms with Crippen molar-refractivity contribution in [2.75, 3.05) is 5.32 Å². The fourth-order valence-electron chi connectivity index (χ4n) is 3.76. The van der Waals surface area contributed by atoms with Crippen LogP contribution in [0.1, 0.15) is 27.4 Å². The van der Waals surface area contributed by atoms with Crippen molar-refractivity contribution < 1.29 is 22.8 Å². The van der Waals surface area contributed by atoms with Gasteiger partial charge in [-0.1, -0.05) is 48.0 Å². The zero-order chi connectivity index (χ0) is 23.9. The molecule has 4 rings (SSSR count). The number of hydrogen-bond donors (Lipinski definition) is 1. The first-order valence-electron chi connectivity index (χ1n) is 9.80. The van der Waals surface area contributed by atoms with E-state index in [0.29, 0.717) is 11.1 Å². The summed E-state index contributed by atoms with van der Waals surface area (Å²) in [5, 5.41) is 2.17. The third kappa shape index (κ3) is 4.60. The van der Waals surface area contributed by atoms with Crippen molar-refractivity contribution >= 4 is 52.2 Å². The minimum absolute atomic E-state index is 0.158. The van der Waals surface area contributed by atoms with Crippen LogP contribution in [0.15, 0.2) is 60.7 Å². The average Bonchev–Trinajstić information content (AvgIpc) is 3.35. The number of Topliss-reactive ketones (excluding diaryl/α,β-unsaturated/α-hetero) is 1. The summed E-state index contributed by atoms with van der Waals surface area (Å²) in [6.45, 7) is 0. The van der Waals surface area contributed by atoms with E-state index in [0.717, 1.165) is 18.2 Å². The standard InChI is InChI=1S/C24H15Cl3F3NO2/c25-14-11-13(6-7-15(14)28)20-21(24(20,26)27)23(33)31-17-9-8-16(29)19(22(17)30)18(32)10-12-4-2-1-3-5-12/h1-9,11,20-21H,10H2,(H,31,33). The summed E-state index contributed by atoms with van der Waals surface area (Å²) >= 11 is 18.3. The molecule has 2 atom stereocenters. The summed E-state index contributed by atoms with van der Waals surface area (Å²) < 4.78 is 41.3. The Hall–Kier alpha value is -2.54. The monoisotopic (exact) mass is 511 g/mol. The molecule has 33 heavy (non-hydrogen) atoms. The molecule has 3 aromatic rings. The lowest BCUT2D eigenvalue weighted by atomic mass is 10.0. The van der Waals surface area contributed by atoms with E-state index in [1.165, 1.54) is 12.1 Å². The summed E-state index contributed by atoms with van der Waals surface area (Å²) in [7, 11) is 0. The summed E-state index contributed by atoms with van der Waals surface area (Å²) in [5.74, 6) is -6.12. The lowest BCUT2D eigenvalue weighted by Crippen LogP contribution is -2.19. The fraction of sp³-hybridized carbons (Fsp3) is 0.167. The van der Waals surface area contributed by atoms with Gasteiger partial charge in [-0.2, -0.15) is 0 Å². The molecule has 170 valence electrons. The predicted molar refractivity (Wildman–Crippen MR) is 122 cm³/mol. The minimum atomic E-state index is -1.53. The number of carbonyl (C=O) groups is 2. The van der Waals surface area contributed by atoms with E-state index < -0.39 is 50.9 Å². The molecule has 0 spiro atoms. The normalized spacial score (nSPS) is 18.6. The Balaban J connectivity index is 1.55. The van der Waals surface area contributed by atoms with Crippen LogP contribution in [0.3, 0.4) is 0 Å². The highest BCUT2D eigenvalue weighted by molar-refractivity contribution is 6.53. The molecule has 3 aromatic carbocycles. The van der Waals surface area contributed by atoms with Crippen molar-refractivity contribution in [3.8, 4) is 0 Å². The second kappa shape index (κ2) is 9.01. The highest BCUT2D eigenvalue weighted by Crippen LogP contribution is 2.65. The third-order valence-electron chi connectivity index (χ3n) is 5.47. The maximum Gasteiger partial charge on any atom is 0.231 e. The van der Waals surface area contributed by atoms with Gasteiger partial charge in [0.05, 0.1) is 22.2 Å². The number of amides is 1. The summed E-state index contributed by atoms with van der Waals surface area (Å²) in [4.78, 5) is 25.4. The number of ketones is 1. The predicted octanol–water partition coefficient (Wildman–Crippen LogP) is 6.71. The topological polar surface area (TPSA) is 46.2 Å². The van der Waals surface area contributed by atoms with E-state index in [2.05, 4.69) is 5.32 Å². The van der Waals surface area contributed by atoms with Crippen molar-refractivity contribution in [2.45, 2.75) is 16.7 Å². The van der Waals surface area contributed by atoms with Crippen LogP contribution in [0.5, 0.6) is 0 Å². The van der Waals surface area contributed by atoms with Crippen molar-refractivity contribution in [2.24, 2.45) is 5.92 Å². The number of halogens is 6. The van der Waals surface area contributed by atoms with Crippen LogP contribution < -0.4 is 5.32 Å². The Morgan fingerprint density at radius 2 is 1.61 bits per heavy atom. The molecule has 3 nitrogen and oxygen atoms in total. The van der Waals surface area contributed by atoms with Crippen molar-refractivity contribution in [1.29, 1.82) is 0 Å². The van der Waals surface area contributed by atoms with E-state index in [1.54, 1.807) is 30.3 Å². The van der Waals surface area contributed by atoms with E-state index in [9.17, 15) is 18.4 Å². The molecule has 1 N–H and O–H groups in total. The van der Waals surface area contributed by atoms with Gasteiger partial charge in [-0.25, -0.2) is 13.2 Å². The maximum absolute atomic E-state index is 15.0. The van der Waals surface area contributed by atoms with E-state index in [4.69, 9.17) is 34.8 Å². The molecular weight excluding hydrogens is 498 g/mol. The van der Waals surface area contributed by atoms with Gasteiger partial charge in [-0.15, -0.1) is 23.2 Å². The smallest absolute Gasteiger partial charge is 0.231 e. The molecule has 1 amide bonds. The van der Waals surface area contributed by atoms with Crippen LogP contribution in [0, 0.1) is 23.4 Å². The minimum Gasteiger partial charge on any atom is -0.323 e. The van der Waals surface area contributed by atoms with E-state index in [1.807, 2.05) is 0 Å². The molecule has 9 heteroatoms. The third-order valence-corrected chi connectivity index (χ3v) is 6.70. The van der Waals surface area contributed by atoms with Gasteiger partial charge in [-0.05, 0) is 35.4 Å². The van der Waals surface area contributed by atoms with Gasteiger partial charge in [0.15, 0.2) is 11.6 Å². The molecule has 1 aliphatic rings. The van der Waals surface area contributed by atoms with Crippen LogP contribution in [-0.4, -0.2) is 16.0 Å². The van der Waals surface area contributed by atoms with Crippen molar-refractivity contribution in [1.82, 2.24) is 0 Å². The molecule has 0 bridgehead atoms. The van der Waals surface area contributed by atoms with Crippen molar-refractivity contribution in [3.63, 3.8) is 0 Å². The quantitative estimate of drug-likeness (QED) is 0.295. The highest BCUT2D eigenvalue weighted by Gasteiger charge is 2.67. The zero-order valence-electron chi connectivity index (χ0n) is 16.7. The number of rotatable bonds is 6. The Morgan fingerprint density at radius 3 is 2.27 bits per heavy atom. The van der Waals surface area contributed by atoms with Crippen LogP contribution in [0.4, 0.5) is 18.9 Å². The molecule has 0 radical (unpaired) electrons. The van der Waals surface area contributed by atoms with Gasteiger partial charge in [0.1, 0.15) is 16.0 Å². The number of alkyl halides is 2. The van der Waals surface area contributed by atoms with Gasteiger partial charge >= 0.3 is 0 Å². The van der Waals surface area contributed by atoms with E-state index in [-0.39, 0.29) is 17.1 Å². The lowest BCUT2D eigenvalue weighted by molar-refractivity contribution is -0.117. The molecule has 0 heterocycles. The largest absolute Gasteiger partial charge is 0.323 e. The average molecular weight is 513 g/mol. The number of benzene rings is 3. The first kappa shape index (κ1) is 23.6. The first-order chi connectivity index (χ1) is 15.6. The van der Waals surface area contributed by atoms with Crippen LogP contribution in [0.2, 0.25) is 5.02 Å².